The molecule has 8 nitrogen and oxygen atoms in total. The molecule has 23 heavy (non-hydrogen) atoms. The van der Waals surface area contributed by atoms with E-state index in [1.165, 1.54) is 21.3 Å². The predicted molar refractivity (Wildman–Crippen MR) is 86.8 cm³/mol. The topological polar surface area (TPSA) is 87.5 Å². The van der Waals surface area contributed by atoms with Gasteiger partial charge < -0.3 is 10.2 Å². The van der Waals surface area contributed by atoms with E-state index >= 15 is 0 Å². The lowest BCUT2D eigenvalue weighted by Crippen LogP contribution is -2.57. The van der Waals surface area contributed by atoms with Crippen LogP contribution in [0.2, 0.25) is 0 Å². The number of hydrogen-bond acceptors (Lipinski definition) is 5. The molecule has 10 heteroatoms. The van der Waals surface area contributed by atoms with Gasteiger partial charge in [0.25, 0.3) is 10.0 Å². The number of piperazine rings is 1. The first kappa shape index (κ1) is 18.2. The summed E-state index contributed by atoms with van der Waals surface area (Å²) < 4.78 is 28.3. The lowest BCUT2D eigenvalue weighted by atomic mass is 10.1. The van der Waals surface area contributed by atoms with E-state index in [2.05, 4.69) is 10.4 Å². The number of aromatic nitrogens is 2. The zero-order chi connectivity index (χ0) is 15.7. The van der Waals surface area contributed by atoms with Gasteiger partial charge in [0.2, 0.25) is 5.91 Å². The van der Waals surface area contributed by atoms with Crippen molar-refractivity contribution < 1.29 is 13.2 Å². The Morgan fingerprint density at radius 3 is 2.78 bits per heavy atom. The maximum Gasteiger partial charge on any atom is 0.260 e. The van der Waals surface area contributed by atoms with Gasteiger partial charge in [-0.2, -0.15) is 9.40 Å². The van der Waals surface area contributed by atoms with Gasteiger partial charge in [0, 0.05) is 39.3 Å². The zero-order valence-corrected chi connectivity index (χ0v) is 14.6. The molecule has 3 rings (SSSR count). The highest BCUT2D eigenvalue weighted by Crippen LogP contribution is 2.23. The number of nitrogens with zero attached hydrogens (tertiary/aromatic N) is 4. The fourth-order valence-electron chi connectivity index (χ4n) is 3.15. The Kier molecular flexibility index (Phi) is 5.66. The van der Waals surface area contributed by atoms with E-state index in [-0.39, 0.29) is 29.4 Å². The maximum atomic E-state index is 12.7. The third kappa shape index (κ3) is 3.52. The van der Waals surface area contributed by atoms with Crippen molar-refractivity contribution in [2.75, 3.05) is 32.7 Å². The van der Waals surface area contributed by atoms with Crippen LogP contribution in [-0.2, 0) is 21.9 Å². The van der Waals surface area contributed by atoms with Gasteiger partial charge in [0.15, 0.2) is 5.03 Å². The van der Waals surface area contributed by atoms with Crippen LogP contribution in [0.25, 0.3) is 0 Å². The normalized spacial score (nSPS) is 23.6. The number of carbonyl (C=O) groups excluding carboxylic acids is 1. The van der Waals surface area contributed by atoms with E-state index in [0.717, 1.165) is 19.4 Å². The summed E-state index contributed by atoms with van der Waals surface area (Å²) in [5.74, 6) is 0.0519. The summed E-state index contributed by atoms with van der Waals surface area (Å²) in [5, 5.41) is 7.17. The number of hydrogen-bond donors (Lipinski definition) is 1. The number of amides is 1. The lowest BCUT2D eigenvalue weighted by molar-refractivity contribution is -0.135. The van der Waals surface area contributed by atoms with Gasteiger partial charge in [-0.15, -0.1) is 12.4 Å². The molecule has 1 N–H and O–H groups in total. The van der Waals surface area contributed by atoms with Crippen LogP contribution < -0.4 is 5.32 Å². The standard InChI is InChI=1S/C13H21N5O3S.ClH/c1-16-13(4-5-15-16)22(20,21)17-7-2-3-11(10-17)18-8-6-14-9-12(18)19;/h4-5,11,14H,2-3,6-10H2,1H3;1H. The average Bonchev–Trinajstić information content (AvgIpc) is 2.95. The molecular weight excluding hydrogens is 342 g/mol. The second kappa shape index (κ2) is 7.16. The quantitative estimate of drug-likeness (QED) is 0.776. The van der Waals surface area contributed by atoms with E-state index in [9.17, 15) is 13.2 Å². The Morgan fingerprint density at radius 2 is 2.13 bits per heavy atom. The van der Waals surface area contributed by atoms with Crippen molar-refractivity contribution in [1.29, 1.82) is 0 Å². The highest BCUT2D eigenvalue weighted by Gasteiger charge is 2.36. The van der Waals surface area contributed by atoms with Crippen molar-refractivity contribution in [3.8, 4) is 0 Å². The molecule has 1 amide bonds. The molecule has 0 aliphatic carbocycles. The highest BCUT2D eigenvalue weighted by atomic mass is 35.5. The van der Waals surface area contributed by atoms with Crippen LogP contribution >= 0.6 is 12.4 Å². The molecule has 2 saturated heterocycles. The summed E-state index contributed by atoms with van der Waals surface area (Å²) >= 11 is 0. The third-order valence-electron chi connectivity index (χ3n) is 4.31. The van der Waals surface area contributed by atoms with Crippen molar-refractivity contribution in [2.45, 2.75) is 23.9 Å². The number of rotatable bonds is 3. The SMILES string of the molecule is Cl.Cn1nccc1S(=O)(=O)N1CCCC(N2CCNCC2=O)C1. The molecule has 0 aromatic carbocycles. The molecular formula is C13H22ClN5O3S. The van der Waals surface area contributed by atoms with Gasteiger partial charge in [-0.25, -0.2) is 8.42 Å². The largest absolute Gasteiger partial charge is 0.336 e. The molecule has 1 aromatic heterocycles. The van der Waals surface area contributed by atoms with E-state index in [1.54, 1.807) is 7.05 Å². The number of sulfonamides is 1. The number of nitrogens with one attached hydrogen (secondary N) is 1. The van der Waals surface area contributed by atoms with Crippen LogP contribution in [0.4, 0.5) is 0 Å². The van der Waals surface area contributed by atoms with Gasteiger partial charge in [0.05, 0.1) is 12.7 Å². The first-order chi connectivity index (χ1) is 10.5. The molecule has 1 unspecified atom stereocenters. The van der Waals surface area contributed by atoms with Crippen molar-refractivity contribution in [2.24, 2.45) is 7.05 Å². The molecule has 1 atom stereocenters. The number of aryl methyl sites for hydroxylation is 1. The summed E-state index contributed by atoms with van der Waals surface area (Å²) in [6.07, 6.45) is 3.09. The van der Waals surface area contributed by atoms with Crippen molar-refractivity contribution in [1.82, 2.24) is 24.3 Å². The Morgan fingerprint density at radius 1 is 1.35 bits per heavy atom. The van der Waals surface area contributed by atoms with Crippen molar-refractivity contribution in [3.63, 3.8) is 0 Å². The highest BCUT2D eigenvalue weighted by molar-refractivity contribution is 7.89. The number of halogens is 1. The van der Waals surface area contributed by atoms with Crippen LogP contribution in [0.15, 0.2) is 17.3 Å². The van der Waals surface area contributed by atoms with Crippen LogP contribution in [0.3, 0.4) is 0 Å². The second-order valence-electron chi connectivity index (χ2n) is 5.72. The van der Waals surface area contributed by atoms with Gasteiger partial charge in [0.1, 0.15) is 0 Å². The Balaban J connectivity index is 0.00000192. The maximum absolute atomic E-state index is 12.7. The Labute approximate surface area is 142 Å². The Bertz CT molecular complexity index is 662. The second-order valence-corrected chi connectivity index (χ2v) is 7.60. The average molecular weight is 364 g/mol. The molecule has 2 fully saturated rings. The fourth-order valence-corrected chi connectivity index (χ4v) is 4.76. The Hall–Kier alpha value is -1.16. The third-order valence-corrected chi connectivity index (χ3v) is 6.25. The van der Waals surface area contributed by atoms with Crippen LogP contribution in [-0.4, -0.2) is 72.1 Å². The molecule has 0 radical (unpaired) electrons. The van der Waals surface area contributed by atoms with Gasteiger partial charge >= 0.3 is 0 Å². The van der Waals surface area contributed by atoms with Gasteiger partial charge in [-0.3, -0.25) is 9.48 Å². The van der Waals surface area contributed by atoms with Crippen molar-refractivity contribution in [3.05, 3.63) is 12.3 Å². The summed E-state index contributed by atoms with van der Waals surface area (Å²) in [6, 6.07) is 1.47. The van der Waals surface area contributed by atoms with Gasteiger partial charge in [-0.1, -0.05) is 0 Å². The van der Waals surface area contributed by atoms with Crippen LogP contribution in [0.1, 0.15) is 12.8 Å². The first-order valence-electron chi connectivity index (χ1n) is 7.48. The minimum absolute atomic E-state index is 0. The molecule has 2 aliphatic heterocycles. The molecule has 3 heterocycles. The number of piperidine rings is 1. The number of carbonyl (C=O) groups is 1. The van der Waals surface area contributed by atoms with Crippen LogP contribution in [0, 0.1) is 0 Å². The molecule has 1 aromatic rings. The van der Waals surface area contributed by atoms with E-state index in [4.69, 9.17) is 0 Å². The van der Waals surface area contributed by atoms with E-state index in [0.29, 0.717) is 26.2 Å². The smallest absolute Gasteiger partial charge is 0.260 e. The minimum atomic E-state index is -3.56. The summed E-state index contributed by atoms with van der Waals surface area (Å²) in [6.45, 7) is 2.59. The summed E-state index contributed by atoms with van der Waals surface area (Å²) in [5.41, 5.74) is 0. The molecule has 2 aliphatic rings. The monoisotopic (exact) mass is 363 g/mol. The molecule has 0 spiro atoms. The van der Waals surface area contributed by atoms with Crippen LogP contribution in [0.5, 0.6) is 0 Å². The predicted octanol–water partition coefficient (Wildman–Crippen LogP) is -0.573. The first-order valence-corrected chi connectivity index (χ1v) is 8.92. The van der Waals surface area contributed by atoms with E-state index in [1.807, 2.05) is 4.90 Å². The summed E-state index contributed by atoms with van der Waals surface area (Å²) in [4.78, 5) is 13.8. The zero-order valence-electron chi connectivity index (χ0n) is 13.0. The summed E-state index contributed by atoms with van der Waals surface area (Å²) in [7, 11) is -1.94. The fraction of sp³-hybridized carbons (Fsp3) is 0.692. The van der Waals surface area contributed by atoms with Gasteiger partial charge in [-0.05, 0) is 18.9 Å². The minimum Gasteiger partial charge on any atom is -0.336 e. The lowest BCUT2D eigenvalue weighted by Gasteiger charge is -2.40. The molecule has 0 bridgehead atoms. The molecule has 130 valence electrons. The van der Waals surface area contributed by atoms with Crippen molar-refractivity contribution >= 4 is 28.3 Å². The molecule has 0 saturated carbocycles. The van der Waals surface area contributed by atoms with E-state index < -0.39 is 10.0 Å².